The smallest absolute Gasteiger partial charge is 0.229 e. The highest BCUT2D eigenvalue weighted by Gasteiger charge is 2.55. The van der Waals surface area contributed by atoms with Gasteiger partial charge < -0.3 is 19.9 Å². The van der Waals surface area contributed by atoms with Crippen LogP contribution >= 0.6 is 0 Å². The van der Waals surface area contributed by atoms with Crippen LogP contribution in [0.4, 0.5) is 29.1 Å². The summed E-state index contributed by atoms with van der Waals surface area (Å²) in [4.78, 5) is 19.4. The second-order valence-corrected chi connectivity index (χ2v) is 16.1. The molecule has 216 valence electrons. The van der Waals surface area contributed by atoms with Gasteiger partial charge in [-0.1, -0.05) is 19.1 Å². The van der Waals surface area contributed by atoms with Crippen LogP contribution in [0, 0.1) is 0 Å². The molecule has 0 radical (unpaired) electrons. The van der Waals surface area contributed by atoms with Crippen molar-refractivity contribution in [2.75, 3.05) is 42.9 Å². The lowest BCUT2D eigenvalue weighted by Gasteiger charge is -2.46. The number of aromatic nitrogens is 3. The fourth-order valence-electron chi connectivity index (χ4n) is 7.06. The Bertz CT molecular complexity index is 1670. The standard InChI is InChI=1S/C31H39N7O2S/c1-29(2)15-24-30(3,19-40-29)23-16-32-28(33-21-10-11-22-20(14-21)17-37(4)18-31(22)12-13-31)35-27(23)38(24)26-9-7-8-25(34-26)36-41(5,6)39/h7-11,14,16,24H,12-13,15,17-19H2,1-6H3,(H,32,33,35)/t24-,30-/m1/s1. The SMILES string of the molecule is CN1Cc2cc(Nc3ncc4c(n3)N(c3cccc(N=S(C)(C)=O)n3)[C@@H]3CC(C)(C)OC[C@]43C)ccc2C2(CC2)C1. The average molecular weight is 574 g/mol. The van der Waals surface area contributed by atoms with E-state index in [9.17, 15) is 4.21 Å². The first kappa shape index (κ1) is 26.8. The van der Waals surface area contributed by atoms with Crippen molar-refractivity contribution in [3.8, 4) is 0 Å². The molecule has 2 atom stereocenters. The largest absolute Gasteiger partial charge is 0.374 e. The number of hydrogen-bond acceptors (Lipinski definition) is 9. The van der Waals surface area contributed by atoms with Crippen molar-refractivity contribution in [1.82, 2.24) is 19.9 Å². The van der Waals surface area contributed by atoms with Crippen molar-refractivity contribution in [3.63, 3.8) is 0 Å². The Balaban J connectivity index is 1.28. The van der Waals surface area contributed by atoms with E-state index in [1.54, 1.807) is 18.6 Å². The van der Waals surface area contributed by atoms with Crippen LogP contribution in [-0.2, 0) is 31.8 Å². The Labute approximate surface area is 242 Å². The lowest BCUT2D eigenvalue weighted by atomic mass is 9.73. The summed E-state index contributed by atoms with van der Waals surface area (Å²) >= 11 is 0. The van der Waals surface area contributed by atoms with Crippen LogP contribution < -0.4 is 10.2 Å². The van der Waals surface area contributed by atoms with Crippen LogP contribution in [0.3, 0.4) is 0 Å². The number of hydrogen-bond donors (Lipinski definition) is 1. The molecule has 2 fully saturated rings. The van der Waals surface area contributed by atoms with Crippen molar-refractivity contribution in [1.29, 1.82) is 0 Å². The molecule has 1 spiro atoms. The van der Waals surface area contributed by atoms with E-state index >= 15 is 0 Å². The van der Waals surface area contributed by atoms with E-state index in [1.165, 1.54) is 24.0 Å². The van der Waals surface area contributed by atoms with Gasteiger partial charge in [-0.2, -0.15) is 9.35 Å². The zero-order valence-corrected chi connectivity index (χ0v) is 25.6. The van der Waals surface area contributed by atoms with Crippen LogP contribution in [0.1, 0.15) is 56.7 Å². The topological polar surface area (TPSA) is 95.8 Å². The van der Waals surface area contributed by atoms with E-state index in [0.29, 0.717) is 23.8 Å². The maximum atomic E-state index is 12.4. The van der Waals surface area contributed by atoms with Crippen LogP contribution in [0.25, 0.3) is 0 Å². The maximum absolute atomic E-state index is 12.4. The number of likely N-dealkylation sites (N-methyl/N-ethyl adjacent to an activating group) is 1. The summed E-state index contributed by atoms with van der Waals surface area (Å²) in [6.45, 7) is 9.16. The summed E-state index contributed by atoms with van der Waals surface area (Å²) in [6.07, 6.45) is 8.54. The van der Waals surface area contributed by atoms with E-state index in [2.05, 4.69) is 65.5 Å². The summed E-state index contributed by atoms with van der Waals surface area (Å²) < 4.78 is 23.2. The van der Waals surface area contributed by atoms with Gasteiger partial charge in [0.2, 0.25) is 5.95 Å². The summed E-state index contributed by atoms with van der Waals surface area (Å²) in [5.74, 6) is 2.56. The van der Waals surface area contributed by atoms with Crippen LogP contribution in [0.2, 0.25) is 0 Å². The van der Waals surface area contributed by atoms with Gasteiger partial charge in [0.15, 0.2) is 5.82 Å². The Kier molecular flexibility index (Phi) is 5.85. The molecule has 2 aromatic heterocycles. The number of nitrogens with zero attached hydrogens (tertiary/aromatic N) is 6. The molecule has 3 aliphatic heterocycles. The van der Waals surface area contributed by atoms with E-state index < -0.39 is 9.73 Å². The fourth-order valence-corrected chi connectivity index (χ4v) is 7.61. The van der Waals surface area contributed by atoms with E-state index in [0.717, 1.165) is 42.4 Å². The molecule has 0 unspecified atom stereocenters. The van der Waals surface area contributed by atoms with Crippen molar-refractivity contribution < 1.29 is 8.95 Å². The Morgan fingerprint density at radius 2 is 1.90 bits per heavy atom. The lowest BCUT2D eigenvalue weighted by Crippen LogP contribution is -2.54. The highest BCUT2D eigenvalue weighted by molar-refractivity contribution is 7.92. The third kappa shape index (κ3) is 4.70. The number of pyridine rings is 1. The summed E-state index contributed by atoms with van der Waals surface area (Å²) in [6, 6.07) is 12.5. The first-order valence-electron chi connectivity index (χ1n) is 14.4. The van der Waals surface area contributed by atoms with Crippen molar-refractivity contribution >= 4 is 38.8 Å². The van der Waals surface area contributed by atoms with Gasteiger partial charge >= 0.3 is 0 Å². The molecule has 10 heteroatoms. The second kappa shape index (κ2) is 8.96. The lowest BCUT2D eigenvalue weighted by molar-refractivity contribution is -0.0893. The molecule has 7 rings (SSSR count). The molecule has 1 aliphatic carbocycles. The number of fused-ring (bicyclic) bond motifs is 5. The van der Waals surface area contributed by atoms with Crippen molar-refractivity contribution in [2.45, 2.75) is 69.1 Å². The normalized spacial score (nSPS) is 25.8. The number of benzene rings is 1. The Morgan fingerprint density at radius 1 is 1.10 bits per heavy atom. The zero-order chi connectivity index (χ0) is 28.8. The molecular formula is C31H39N7O2S. The van der Waals surface area contributed by atoms with Gasteiger partial charge in [-0.25, -0.2) is 14.2 Å². The quantitative estimate of drug-likeness (QED) is 0.442. The molecule has 0 amide bonds. The highest BCUT2D eigenvalue weighted by atomic mass is 32.2. The minimum Gasteiger partial charge on any atom is -0.374 e. The van der Waals surface area contributed by atoms with Gasteiger partial charge in [0.25, 0.3) is 0 Å². The predicted molar refractivity (Wildman–Crippen MR) is 163 cm³/mol. The molecule has 3 aromatic rings. The summed E-state index contributed by atoms with van der Waals surface area (Å²) in [7, 11) is -0.141. The molecule has 9 nitrogen and oxygen atoms in total. The van der Waals surface area contributed by atoms with Gasteiger partial charge in [0, 0.05) is 63.6 Å². The maximum Gasteiger partial charge on any atom is 0.229 e. The summed E-state index contributed by atoms with van der Waals surface area (Å²) in [5.41, 5.74) is 4.67. The van der Waals surface area contributed by atoms with Crippen molar-refractivity contribution in [2.24, 2.45) is 4.36 Å². The fraction of sp³-hybridized carbons (Fsp3) is 0.516. The van der Waals surface area contributed by atoms with Gasteiger partial charge in [-0.3, -0.25) is 0 Å². The number of ether oxygens (including phenoxy) is 1. The molecule has 5 heterocycles. The van der Waals surface area contributed by atoms with Gasteiger partial charge in [-0.05, 0) is 75.5 Å². The van der Waals surface area contributed by atoms with Crippen LogP contribution in [0.15, 0.2) is 47.0 Å². The van der Waals surface area contributed by atoms with Gasteiger partial charge in [0.05, 0.1) is 18.2 Å². The predicted octanol–water partition coefficient (Wildman–Crippen LogP) is 5.43. The second-order valence-electron chi connectivity index (χ2n) is 13.6. The zero-order valence-electron chi connectivity index (χ0n) is 24.8. The minimum atomic E-state index is -2.35. The van der Waals surface area contributed by atoms with E-state index in [4.69, 9.17) is 19.7 Å². The van der Waals surface area contributed by atoms with E-state index in [1.807, 2.05) is 18.3 Å². The highest BCUT2D eigenvalue weighted by Crippen LogP contribution is 2.54. The Morgan fingerprint density at radius 3 is 2.66 bits per heavy atom. The van der Waals surface area contributed by atoms with Crippen molar-refractivity contribution in [3.05, 3.63) is 59.3 Å². The molecular weight excluding hydrogens is 534 g/mol. The van der Waals surface area contributed by atoms with Crippen LogP contribution in [-0.4, -0.2) is 68.4 Å². The first-order valence-corrected chi connectivity index (χ1v) is 16.7. The molecule has 41 heavy (non-hydrogen) atoms. The van der Waals surface area contributed by atoms with Crippen LogP contribution in [0.5, 0.6) is 0 Å². The third-order valence-electron chi connectivity index (χ3n) is 9.19. The molecule has 4 aliphatic rings. The average Bonchev–Trinajstić information content (AvgIpc) is 3.59. The number of nitrogens with one attached hydrogen (secondary N) is 1. The molecule has 1 saturated carbocycles. The Hall–Kier alpha value is -3.08. The molecule has 0 bridgehead atoms. The molecule has 1 aromatic carbocycles. The first-order chi connectivity index (χ1) is 19.3. The van der Waals surface area contributed by atoms with Gasteiger partial charge in [0.1, 0.15) is 11.6 Å². The third-order valence-corrected chi connectivity index (χ3v) is 9.81. The monoisotopic (exact) mass is 573 g/mol. The molecule has 1 saturated heterocycles. The number of rotatable bonds is 4. The molecule has 1 N–H and O–H groups in total. The van der Waals surface area contributed by atoms with Gasteiger partial charge in [-0.15, -0.1) is 0 Å². The van der Waals surface area contributed by atoms with E-state index in [-0.39, 0.29) is 17.1 Å². The number of anilines is 4. The minimum absolute atomic E-state index is 0.0650. The summed E-state index contributed by atoms with van der Waals surface area (Å²) in [5, 5.41) is 3.50.